The third kappa shape index (κ3) is 38600. The molecule has 0 unspecified atom stereocenters. The first-order valence-electron chi connectivity index (χ1n) is 4.87. The first-order chi connectivity index (χ1) is 7.39. The standard InChI is InChI=1S/4C2H6O.BH3O3.3H3N/c4*1-2-3;2-1(3)4;;;/h4*3H,2H2,1H3;2-4H;3*1H3. The number of hydrogen-bond donors (Lipinski definition) is 10. The molecule has 128 valence electrons. The fourth-order valence-corrected chi connectivity index (χ4v) is 0. The summed E-state index contributed by atoms with van der Waals surface area (Å²) < 4.78 is 0. The molecule has 11 heteroatoms. The van der Waals surface area contributed by atoms with E-state index in [2.05, 4.69) is 0 Å². The Morgan fingerprint density at radius 1 is 0.526 bits per heavy atom. The highest BCUT2D eigenvalue weighted by Gasteiger charge is 1.92. The van der Waals surface area contributed by atoms with Gasteiger partial charge in [0, 0.05) is 26.4 Å². The number of rotatable bonds is 0. The molecule has 0 rings (SSSR count). The zero-order chi connectivity index (χ0) is 14.4. The summed E-state index contributed by atoms with van der Waals surface area (Å²) in [5.41, 5.74) is 0. The van der Waals surface area contributed by atoms with Gasteiger partial charge in [-0.25, -0.2) is 0 Å². The average molecular weight is 297 g/mol. The molecule has 0 aromatic rings. The van der Waals surface area contributed by atoms with Gasteiger partial charge >= 0.3 is 7.32 Å². The van der Waals surface area contributed by atoms with E-state index < -0.39 is 7.32 Å². The van der Waals surface area contributed by atoms with Crippen molar-refractivity contribution in [2.45, 2.75) is 27.7 Å². The van der Waals surface area contributed by atoms with Gasteiger partial charge in [0.2, 0.25) is 0 Å². The first-order valence-corrected chi connectivity index (χ1v) is 4.87. The van der Waals surface area contributed by atoms with Crippen molar-refractivity contribution in [2.75, 3.05) is 26.4 Å². The minimum atomic E-state index is -2.17. The Hall–Kier alpha value is -0.335. The third-order valence-corrected chi connectivity index (χ3v) is 0. The van der Waals surface area contributed by atoms with Crippen LogP contribution in [0.25, 0.3) is 0 Å². The molecule has 0 saturated carbocycles. The van der Waals surface area contributed by atoms with Crippen molar-refractivity contribution in [1.29, 1.82) is 0 Å². The molecule has 0 aliphatic carbocycles. The summed E-state index contributed by atoms with van der Waals surface area (Å²) in [5, 5.41) is 51.8. The van der Waals surface area contributed by atoms with E-state index in [1.807, 2.05) is 0 Å². The highest BCUT2D eigenvalue weighted by atomic mass is 16.5. The number of aliphatic hydroxyl groups excluding tert-OH is 4. The Labute approximate surface area is 116 Å². The smallest absolute Gasteiger partial charge is 0.402 e. The van der Waals surface area contributed by atoms with Crippen LogP contribution in [-0.2, 0) is 0 Å². The minimum Gasteiger partial charge on any atom is -0.402 e. The molecular weight excluding hydrogens is 261 g/mol. The molecule has 0 heterocycles. The summed E-state index contributed by atoms with van der Waals surface area (Å²) >= 11 is 0. The van der Waals surface area contributed by atoms with E-state index in [0.717, 1.165) is 0 Å². The molecule has 0 aromatic heterocycles. The van der Waals surface area contributed by atoms with Gasteiger partial charge in [-0.05, 0) is 27.7 Å². The fraction of sp³-hybridized carbons (Fsp3) is 1.00. The maximum Gasteiger partial charge on any atom is 0.631 e. The van der Waals surface area contributed by atoms with Gasteiger partial charge in [-0.2, -0.15) is 0 Å². The van der Waals surface area contributed by atoms with E-state index in [4.69, 9.17) is 35.5 Å². The SMILES string of the molecule is CCO.CCO.CCO.CCO.N.N.N.OB(O)O. The molecular formula is C8H36BN3O7. The van der Waals surface area contributed by atoms with Crippen molar-refractivity contribution in [3.63, 3.8) is 0 Å². The maximum absolute atomic E-state index is 7.57. The normalized spacial score (nSPS) is 5.21. The molecule has 0 radical (unpaired) electrons. The number of hydrogen-bond acceptors (Lipinski definition) is 10. The van der Waals surface area contributed by atoms with Crippen LogP contribution in [-0.4, -0.2) is 69.2 Å². The Morgan fingerprint density at radius 3 is 0.526 bits per heavy atom. The minimum absolute atomic E-state index is 0. The second kappa shape index (κ2) is 110. The molecule has 0 fully saturated rings. The van der Waals surface area contributed by atoms with Crippen LogP contribution in [0.15, 0.2) is 0 Å². The van der Waals surface area contributed by atoms with Crippen molar-refractivity contribution < 1.29 is 35.5 Å². The van der Waals surface area contributed by atoms with Crippen LogP contribution in [0.2, 0.25) is 0 Å². The topological polar surface area (TPSA) is 247 Å². The molecule has 0 bridgehead atoms. The maximum atomic E-state index is 7.57. The summed E-state index contributed by atoms with van der Waals surface area (Å²) in [6.07, 6.45) is 0. The molecule has 19 heavy (non-hydrogen) atoms. The zero-order valence-electron chi connectivity index (χ0n) is 12.7. The average Bonchev–Trinajstić information content (AvgIpc) is 2.06. The summed E-state index contributed by atoms with van der Waals surface area (Å²) in [5.74, 6) is 0. The van der Waals surface area contributed by atoms with E-state index >= 15 is 0 Å². The van der Waals surface area contributed by atoms with Crippen molar-refractivity contribution in [1.82, 2.24) is 18.5 Å². The molecule has 10 nitrogen and oxygen atoms in total. The van der Waals surface area contributed by atoms with Gasteiger partial charge in [0.1, 0.15) is 0 Å². The number of aliphatic hydroxyl groups is 4. The van der Waals surface area contributed by atoms with E-state index in [1.165, 1.54) is 0 Å². The van der Waals surface area contributed by atoms with Gasteiger partial charge in [0.25, 0.3) is 0 Å². The van der Waals surface area contributed by atoms with Crippen LogP contribution in [0, 0.1) is 0 Å². The second-order valence-electron chi connectivity index (χ2n) is 1.61. The van der Waals surface area contributed by atoms with Gasteiger partial charge in [0.05, 0.1) is 0 Å². The van der Waals surface area contributed by atoms with E-state index in [9.17, 15) is 0 Å². The fourth-order valence-electron chi connectivity index (χ4n) is 0. The zero-order valence-corrected chi connectivity index (χ0v) is 12.7. The molecule has 0 atom stereocenters. The van der Waals surface area contributed by atoms with Crippen LogP contribution in [0.4, 0.5) is 0 Å². The van der Waals surface area contributed by atoms with Gasteiger partial charge < -0.3 is 53.9 Å². The van der Waals surface area contributed by atoms with Gasteiger partial charge in [0.15, 0.2) is 0 Å². The van der Waals surface area contributed by atoms with Crippen molar-refractivity contribution in [2.24, 2.45) is 0 Å². The van der Waals surface area contributed by atoms with Crippen molar-refractivity contribution >= 4 is 7.32 Å². The lowest BCUT2D eigenvalue weighted by Gasteiger charge is -1.69. The Kier molecular flexibility index (Phi) is 298. The summed E-state index contributed by atoms with van der Waals surface area (Å²) in [6, 6.07) is 0. The van der Waals surface area contributed by atoms with Crippen LogP contribution in [0.3, 0.4) is 0 Å². The predicted octanol–water partition coefficient (Wildman–Crippen LogP) is -1.57. The lowest BCUT2D eigenvalue weighted by atomic mass is 10.3. The lowest BCUT2D eigenvalue weighted by Crippen LogP contribution is -2.07. The molecule has 0 saturated heterocycles. The van der Waals surface area contributed by atoms with Gasteiger partial charge in [-0.15, -0.1) is 0 Å². The van der Waals surface area contributed by atoms with Crippen molar-refractivity contribution in [3.8, 4) is 0 Å². The highest BCUT2D eigenvalue weighted by Crippen LogP contribution is 1.40. The first kappa shape index (κ1) is 51.2. The van der Waals surface area contributed by atoms with Crippen LogP contribution < -0.4 is 18.5 Å². The Bertz CT molecular complexity index is 58.9. The Balaban J connectivity index is -0.0000000128. The molecule has 0 spiro atoms. The lowest BCUT2D eigenvalue weighted by molar-refractivity contribution is 0.278. The molecule has 0 aromatic carbocycles. The molecule has 0 aliphatic rings. The van der Waals surface area contributed by atoms with Gasteiger partial charge in [-0.1, -0.05) is 0 Å². The van der Waals surface area contributed by atoms with Gasteiger partial charge in [-0.3, -0.25) is 0 Å². The van der Waals surface area contributed by atoms with Crippen LogP contribution in [0.1, 0.15) is 27.7 Å². The second-order valence-corrected chi connectivity index (χ2v) is 1.61. The van der Waals surface area contributed by atoms with E-state index in [0.29, 0.717) is 0 Å². The molecule has 0 amide bonds. The Morgan fingerprint density at radius 2 is 0.526 bits per heavy atom. The molecule has 0 aliphatic heterocycles. The molecule has 16 N–H and O–H groups in total. The summed E-state index contributed by atoms with van der Waals surface area (Å²) in [6.45, 7) is 7.72. The third-order valence-electron chi connectivity index (χ3n) is 0. The predicted molar refractivity (Wildman–Crippen MR) is 78.5 cm³/mol. The van der Waals surface area contributed by atoms with Crippen LogP contribution in [0.5, 0.6) is 0 Å². The summed E-state index contributed by atoms with van der Waals surface area (Å²) in [7, 11) is -2.17. The van der Waals surface area contributed by atoms with Crippen molar-refractivity contribution in [3.05, 3.63) is 0 Å². The highest BCUT2D eigenvalue weighted by molar-refractivity contribution is 6.30. The quantitative estimate of drug-likeness (QED) is 0.230. The van der Waals surface area contributed by atoms with E-state index in [1.54, 1.807) is 27.7 Å². The summed E-state index contributed by atoms with van der Waals surface area (Å²) in [4.78, 5) is 0. The largest absolute Gasteiger partial charge is 0.631 e. The van der Waals surface area contributed by atoms with Crippen LogP contribution >= 0.6 is 0 Å². The van der Waals surface area contributed by atoms with E-state index in [-0.39, 0.29) is 44.9 Å². The monoisotopic (exact) mass is 297 g/mol.